The van der Waals surface area contributed by atoms with Crippen LogP contribution in [0.2, 0.25) is 0 Å². The van der Waals surface area contributed by atoms with Gasteiger partial charge in [-0.15, -0.1) is 0 Å². The molecule has 42 heavy (non-hydrogen) atoms. The third-order valence-corrected chi connectivity index (χ3v) is 8.54. The average molecular weight is 579 g/mol. The predicted molar refractivity (Wildman–Crippen MR) is 163 cm³/mol. The minimum absolute atomic E-state index is 0.249. The molecule has 0 N–H and O–H groups in total. The minimum atomic E-state index is -5.93. The molecule has 0 spiro atoms. The second-order valence-corrected chi connectivity index (χ2v) is 11.6. The molecule has 206 valence electrons. The molecule has 0 saturated heterocycles. The van der Waals surface area contributed by atoms with E-state index >= 15 is 0 Å². The van der Waals surface area contributed by atoms with Crippen LogP contribution in [0.15, 0.2) is 127 Å². The van der Waals surface area contributed by atoms with Crippen LogP contribution in [0.4, 0.5) is 13.2 Å². The van der Waals surface area contributed by atoms with Gasteiger partial charge in [-0.1, -0.05) is 109 Å². The van der Waals surface area contributed by atoms with Crippen molar-refractivity contribution in [3.8, 4) is 28.0 Å². The lowest BCUT2D eigenvalue weighted by atomic mass is 9.85. The summed E-state index contributed by atoms with van der Waals surface area (Å²) >= 11 is 0. The standard InChI is InChI=1S/C35H21F3O3S/c36-35(37,38)42(39,40)41-32-21-25-12-4-3-11-24(25)20-31(32)34-29-15-7-5-13-27(29)33(28-14-6-8-16-30(28)34)26-18-17-22-9-1-2-10-23(22)19-26/h1-21H. The third kappa shape index (κ3) is 4.25. The fraction of sp³-hybridized carbons (Fsp3) is 0.0286. The van der Waals surface area contributed by atoms with Crippen LogP contribution >= 0.6 is 0 Å². The summed E-state index contributed by atoms with van der Waals surface area (Å²) in [7, 11) is -5.93. The fourth-order valence-electron chi connectivity index (χ4n) is 5.72. The molecule has 7 aromatic rings. The molecule has 0 aliphatic carbocycles. The molecule has 0 saturated carbocycles. The maximum absolute atomic E-state index is 13.5. The minimum Gasteiger partial charge on any atom is -0.375 e. The van der Waals surface area contributed by atoms with Crippen LogP contribution < -0.4 is 4.18 Å². The Morgan fingerprint density at radius 3 is 1.50 bits per heavy atom. The molecule has 0 unspecified atom stereocenters. The lowest BCUT2D eigenvalue weighted by Crippen LogP contribution is -2.28. The molecular weight excluding hydrogens is 557 g/mol. The first-order valence-electron chi connectivity index (χ1n) is 13.2. The van der Waals surface area contributed by atoms with Crippen molar-refractivity contribution in [3.63, 3.8) is 0 Å². The highest BCUT2D eigenvalue weighted by atomic mass is 32.2. The van der Waals surface area contributed by atoms with Crippen LogP contribution in [0.3, 0.4) is 0 Å². The molecule has 0 bridgehead atoms. The second kappa shape index (κ2) is 9.60. The van der Waals surface area contributed by atoms with Crippen LogP contribution in [-0.2, 0) is 10.1 Å². The fourth-order valence-corrected chi connectivity index (χ4v) is 6.19. The summed E-state index contributed by atoms with van der Waals surface area (Å²) in [6, 6.07) is 39.8. The summed E-state index contributed by atoms with van der Waals surface area (Å²) in [6.45, 7) is 0. The molecule has 0 heterocycles. The molecule has 0 aliphatic rings. The van der Waals surface area contributed by atoms with Gasteiger partial charge < -0.3 is 4.18 Å². The van der Waals surface area contributed by atoms with Crippen LogP contribution in [-0.4, -0.2) is 13.9 Å². The molecule has 0 atom stereocenters. The summed E-state index contributed by atoms with van der Waals surface area (Å²) in [5, 5.41) is 6.72. The van der Waals surface area contributed by atoms with E-state index < -0.39 is 15.6 Å². The van der Waals surface area contributed by atoms with Gasteiger partial charge in [0.1, 0.15) is 0 Å². The zero-order valence-electron chi connectivity index (χ0n) is 21.9. The first-order chi connectivity index (χ1) is 20.2. The van der Waals surface area contributed by atoms with Crippen LogP contribution in [0.5, 0.6) is 5.75 Å². The van der Waals surface area contributed by atoms with Crippen molar-refractivity contribution in [2.24, 2.45) is 0 Å². The molecule has 7 aromatic carbocycles. The van der Waals surface area contributed by atoms with E-state index in [1.54, 1.807) is 18.2 Å². The smallest absolute Gasteiger partial charge is 0.375 e. The number of hydrogen-bond donors (Lipinski definition) is 0. The summed E-state index contributed by atoms with van der Waals surface area (Å²) in [5.74, 6) is -0.389. The number of rotatable bonds is 4. The van der Waals surface area contributed by atoms with Gasteiger partial charge in [0.25, 0.3) is 0 Å². The van der Waals surface area contributed by atoms with E-state index in [4.69, 9.17) is 4.18 Å². The third-order valence-electron chi connectivity index (χ3n) is 7.57. The highest BCUT2D eigenvalue weighted by molar-refractivity contribution is 7.88. The molecule has 0 aromatic heterocycles. The van der Waals surface area contributed by atoms with E-state index in [1.165, 1.54) is 6.07 Å². The number of alkyl halides is 3. The van der Waals surface area contributed by atoms with E-state index in [9.17, 15) is 21.6 Å². The molecule has 0 radical (unpaired) electrons. The zero-order chi connectivity index (χ0) is 29.1. The maximum Gasteiger partial charge on any atom is 0.534 e. The zero-order valence-corrected chi connectivity index (χ0v) is 22.7. The Hall–Kier alpha value is -4.88. The summed E-state index contributed by atoms with van der Waals surface area (Å²) in [6.07, 6.45) is 0. The van der Waals surface area contributed by atoms with Crippen LogP contribution in [0.25, 0.3) is 65.3 Å². The Labute approximate surface area is 239 Å². The van der Waals surface area contributed by atoms with Crippen LogP contribution in [0.1, 0.15) is 0 Å². The van der Waals surface area contributed by atoms with E-state index in [0.29, 0.717) is 10.9 Å². The summed E-state index contributed by atoms with van der Waals surface area (Å²) < 4.78 is 69.9. The van der Waals surface area contributed by atoms with E-state index in [1.807, 2.05) is 72.8 Å². The first kappa shape index (κ1) is 26.0. The lowest BCUT2D eigenvalue weighted by molar-refractivity contribution is -0.0499. The van der Waals surface area contributed by atoms with Gasteiger partial charge in [0.2, 0.25) is 0 Å². The van der Waals surface area contributed by atoms with Crippen molar-refractivity contribution in [2.75, 3.05) is 0 Å². The van der Waals surface area contributed by atoms with Gasteiger partial charge in [0.05, 0.1) is 0 Å². The Morgan fingerprint density at radius 1 is 0.500 bits per heavy atom. The highest BCUT2D eigenvalue weighted by Crippen LogP contribution is 2.47. The van der Waals surface area contributed by atoms with Gasteiger partial charge in [-0.2, -0.15) is 21.6 Å². The van der Waals surface area contributed by atoms with Crippen molar-refractivity contribution in [3.05, 3.63) is 127 Å². The Bertz CT molecular complexity index is 2230. The van der Waals surface area contributed by atoms with Crippen molar-refractivity contribution in [1.82, 2.24) is 0 Å². The molecule has 7 rings (SSSR count). The Kier molecular flexibility index (Phi) is 5.95. The summed E-state index contributed by atoms with van der Waals surface area (Å²) in [4.78, 5) is 0. The normalized spacial score (nSPS) is 12.4. The van der Waals surface area contributed by atoms with E-state index in [-0.39, 0.29) is 11.3 Å². The van der Waals surface area contributed by atoms with E-state index in [0.717, 1.165) is 48.8 Å². The van der Waals surface area contributed by atoms with Gasteiger partial charge in [0, 0.05) is 11.1 Å². The second-order valence-electron chi connectivity index (χ2n) is 10.1. The van der Waals surface area contributed by atoms with Gasteiger partial charge in [0.15, 0.2) is 5.75 Å². The lowest BCUT2D eigenvalue weighted by Gasteiger charge is -2.20. The number of fused-ring (bicyclic) bond motifs is 4. The van der Waals surface area contributed by atoms with Crippen molar-refractivity contribution in [1.29, 1.82) is 0 Å². The Morgan fingerprint density at radius 2 is 0.952 bits per heavy atom. The largest absolute Gasteiger partial charge is 0.534 e. The number of benzene rings is 7. The monoisotopic (exact) mass is 578 g/mol. The molecule has 0 fully saturated rings. The van der Waals surface area contributed by atoms with Crippen molar-refractivity contribution >= 4 is 53.2 Å². The quantitative estimate of drug-likeness (QED) is 0.119. The SMILES string of the molecule is O=S(=O)(Oc1cc2ccccc2cc1-c1c2ccccc2c(-c2ccc3ccccc3c2)c2ccccc12)C(F)(F)F. The van der Waals surface area contributed by atoms with Gasteiger partial charge in [-0.05, 0) is 72.4 Å². The van der Waals surface area contributed by atoms with Gasteiger partial charge >= 0.3 is 15.6 Å². The summed E-state index contributed by atoms with van der Waals surface area (Å²) in [5.41, 5.74) is -2.79. The predicted octanol–water partition coefficient (Wildman–Crippen LogP) is 9.86. The maximum atomic E-state index is 13.5. The van der Waals surface area contributed by atoms with Gasteiger partial charge in [-0.25, -0.2) is 0 Å². The average Bonchev–Trinajstić information content (AvgIpc) is 2.98. The molecular formula is C35H21F3O3S. The van der Waals surface area contributed by atoms with Gasteiger partial charge in [-0.3, -0.25) is 0 Å². The molecule has 3 nitrogen and oxygen atoms in total. The Balaban J connectivity index is 1.60. The first-order valence-corrected chi connectivity index (χ1v) is 14.6. The number of halogens is 3. The van der Waals surface area contributed by atoms with Crippen LogP contribution in [0, 0.1) is 0 Å². The molecule has 7 heteroatoms. The van der Waals surface area contributed by atoms with E-state index in [2.05, 4.69) is 30.3 Å². The molecule has 0 amide bonds. The molecule has 0 aliphatic heterocycles. The topological polar surface area (TPSA) is 43.4 Å². The number of hydrogen-bond acceptors (Lipinski definition) is 3. The van der Waals surface area contributed by atoms with Crippen molar-refractivity contribution in [2.45, 2.75) is 5.51 Å². The highest BCUT2D eigenvalue weighted by Gasteiger charge is 2.49. The van der Waals surface area contributed by atoms with Crippen molar-refractivity contribution < 1.29 is 25.8 Å².